The number of hydrogen-bond acceptors (Lipinski definition) is 4. The average Bonchev–Trinajstić information content (AvgIpc) is 0.765. The van der Waals surface area contributed by atoms with Crippen LogP contribution in [0.3, 0.4) is 0 Å². The normalized spacial score (nSPS) is 19.2. The van der Waals surface area contributed by atoms with Gasteiger partial charge in [-0.1, -0.05) is 226 Å². The SMILES string of the molecule is CC1CCCC(C)N1Cc1cccc([S+](c2ccccc2)c2ccccc2)c1.CC1CCCC(C)N1Cc1ccccc1[S+](c1ccccc1)c1ccccc1.CC1CCCCN1Cc1ccc([S+](c2ccccc2)c2ccccc2)cc1.CC1CCCCN1Cc1cccc([S+](c2ccccc2)c2ccccc2)c1. The fraction of sp³-hybridized carbons (Fsp3) is 0.294. The summed E-state index contributed by atoms with van der Waals surface area (Å²) in [6.45, 7) is 21.0. The van der Waals surface area contributed by atoms with Crippen molar-refractivity contribution in [1.82, 2.24) is 19.6 Å². The predicted molar refractivity (Wildman–Crippen MR) is 470 cm³/mol. The molecule has 4 aliphatic rings. The molecule has 0 radical (unpaired) electrons. The lowest BCUT2D eigenvalue weighted by Crippen LogP contribution is -2.43. The Kier molecular flexibility index (Phi) is 30.1. The van der Waals surface area contributed by atoms with Gasteiger partial charge in [0.25, 0.3) is 0 Å². The maximum absolute atomic E-state index is 2.71. The molecule has 110 heavy (non-hydrogen) atoms. The van der Waals surface area contributed by atoms with E-state index in [9.17, 15) is 0 Å². The van der Waals surface area contributed by atoms with Gasteiger partial charge in [0.1, 0.15) is 0 Å². The number of piperidine rings is 4. The second kappa shape index (κ2) is 41.4. The highest BCUT2D eigenvalue weighted by Crippen LogP contribution is 2.39. The fourth-order valence-corrected chi connectivity index (χ4v) is 25.1. The van der Waals surface area contributed by atoms with Gasteiger partial charge in [0.05, 0.1) is 43.6 Å². The smallest absolute Gasteiger partial charge is 0.171 e. The highest BCUT2D eigenvalue weighted by Gasteiger charge is 2.36. The molecule has 6 atom stereocenters. The zero-order chi connectivity index (χ0) is 75.6. The Labute approximate surface area is 672 Å². The van der Waals surface area contributed by atoms with Crippen LogP contribution in [0.5, 0.6) is 0 Å². The lowest BCUT2D eigenvalue weighted by atomic mass is 9.97. The van der Waals surface area contributed by atoms with Crippen molar-refractivity contribution in [3.05, 3.63) is 362 Å². The quantitative estimate of drug-likeness (QED) is 0.0705. The van der Waals surface area contributed by atoms with Crippen LogP contribution in [0.2, 0.25) is 0 Å². The van der Waals surface area contributed by atoms with Gasteiger partial charge in [0.2, 0.25) is 0 Å². The van der Waals surface area contributed by atoms with Crippen LogP contribution in [-0.2, 0) is 69.8 Å². The number of likely N-dealkylation sites (tertiary alicyclic amines) is 4. The van der Waals surface area contributed by atoms with Crippen molar-refractivity contribution in [3.63, 3.8) is 0 Å². The molecule has 4 nitrogen and oxygen atoms in total. The zero-order valence-corrected chi connectivity index (χ0v) is 69.2. The molecule has 6 unspecified atom stereocenters. The highest BCUT2D eigenvalue weighted by molar-refractivity contribution is 7.98. The fourth-order valence-electron chi connectivity index (χ4n) is 16.4. The van der Waals surface area contributed by atoms with Crippen LogP contribution in [-0.4, -0.2) is 68.9 Å². The minimum Gasteiger partial charge on any atom is -0.296 e. The van der Waals surface area contributed by atoms with Gasteiger partial charge in [0, 0.05) is 68.0 Å². The minimum absolute atomic E-state index is 0.0502. The van der Waals surface area contributed by atoms with Crippen molar-refractivity contribution in [1.29, 1.82) is 0 Å². The molecule has 0 N–H and O–H groups in total. The van der Waals surface area contributed by atoms with Crippen LogP contribution in [0, 0.1) is 0 Å². The molecule has 0 aromatic heterocycles. The summed E-state index contributed by atoms with van der Waals surface area (Å²) in [7, 11) is -0.256. The zero-order valence-electron chi connectivity index (χ0n) is 65.9. The van der Waals surface area contributed by atoms with E-state index in [0.29, 0.717) is 36.3 Å². The third-order valence-electron chi connectivity index (χ3n) is 22.6. The van der Waals surface area contributed by atoms with Gasteiger partial charge in [-0.15, -0.1) is 0 Å². The van der Waals surface area contributed by atoms with Crippen molar-refractivity contribution in [3.8, 4) is 0 Å². The molecule has 12 aromatic rings. The molecule has 0 amide bonds. The summed E-state index contributed by atoms with van der Waals surface area (Å²) < 4.78 is 0. The van der Waals surface area contributed by atoms with Gasteiger partial charge in [-0.25, -0.2) is 0 Å². The minimum atomic E-state index is -0.0797. The van der Waals surface area contributed by atoms with Crippen LogP contribution in [0.15, 0.2) is 398 Å². The molecule has 8 heteroatoms. The van der Waals surface area contributed by atoms with E-state index < -0.39 is 0 Å². The molecule has 0 aliphatic carbocycles. The molecule has 4 saturated heterocycles. The Balaban J connectivity index is 0.000000129. The summed E-state index contributed by atoms with van der Waals surface area (Å²) in [5.41, 5.74) is 5.77. The highest BCUT2D eigenvalue weighted by atomic mass is 32.2. The molecular weight excluding hydrogens is 1410 g/mol. The summed E-state index contributed by atoms with van der Waals surface area (Å²) in [4.78, 5) is 27.4. The summed E-state index contributed by atoms with van der Waals surface area (Å²) in [6.07, 6.45) is 16.1. The molecule has 0 saturated carbocycles. The Bertz CT molecular complexity index is 4440. The Morgan fingerprint density at radius 3 is 0.845 bits per heavy atom. The number of rotatable bonds is 20. The molecule has 4 aliphatic heterocycles. The largest absolute Gasteiger partial charge is 0.296 e. The lowest BCUT2D eigenvalue weighted by molar-refractivity contribution is 0.0944. The van der Waals surface area contributed by atoms with Crippen molar-refractivity contribution in [2.45, 2.75) is 240 Å². The Hall–Kier alpha value is -8.12. The van der Waals surface area contributed by atoms with Crippen molar-refractivity contribution in [2.24, 2.45) is 0 Å². The molecule has 12 aromatic carbocycles. The number of nitrogens with zero attached hydrogens (tertiary/aromatic N) is 4. The summed E-state index contributed by atoms with van der Waals surface area (Å²) in [6, 6.07) is 129. The van der Waals surface area contributed by atoms with E-state index >= 15 is 0 Å². The van der Waals surface area contributed by atoms with E-state index in [4.69, 9.17) is 0 Å². The maximum atomic E-state index is 2.71. The Morgan fingerprint density at radius 1 is 0.218 bits per heavy atom. The summed E-state index contributed by atoms with van der Waals surface area (Å²) in [5, 5.41) is 0. The van der Waals surface area contributed by atoms with Crippen molar-refractivity contribution >= 4 is 43.6 Å². The van der Waals surface area contributed by atoms with Gasteiger partial charge in [-0.2, -0.15) is 0 Å². The molecule has 0 spiro atoms. The first-order valence-corrected chi connectivity index (χ1v) is 45.7. The third-order valence-corrected chi connectivity index (χ3v) is 31.6. The van der Waals surface area contributed by atoms with Crippen LogP contribution in [0.1, 0.15) is 141 Å². The molecule has 0 bridgehead atoms. The molecule has 564 valence electrons. The van der Waals surface area contributed by atoms with E-state index in [2.05, 4.69) is 401 Å². The molecule has 4 fully saturated rings. The van der Waals surface area contributed by atoms with Gasteiger partial charge >= 0.3 is 0 Å². The predicted octanol–water partition coefficient (Wildman–Crippen LogP) is 25.4. The van der Waals surface area contributed by atoms with Crippen LogP contribution < -0.4 is 0 Å². The number of benzene rings is 12. The van der Waals surface area contributed by atoms with Crippen molar-refractivity contribution in [2.75, 3.05) is 13.1 Å². The van der Waals surface area contributed by atoms with E-state index in [-0.39, 0.29) is 43.6 Å². The van der Waals surface area contributed by atoms with Gasteiger partial charge in [-0.3, -0.25) is 19.6 Å². The molecule has 16 rings (SSSR count). The van der Waals surface area contributed by atoms with Crippen LogP contribution in [0.4, 0.5) is 0 Å². The second-order valence-electron chi connectivity index (χ2n) is 30.5. The lowest BCUT2D eigenvalue weighted by Gasteiger charge is -2.39. The third kappa shape index (κ3) is 22.0. The number of hydrogen-bond donors (Lipinski definition) is 0. The van der Waals surface area contributed by atoms with E-state index in [1.165, 1.54) is 171 Å². The summed E-state index contributed by atoms with van der Waals surface area (Å²) >= 11 is 0. The first kappa shape index (κ1) is 79.9. The topological polar surface area (TPSA) is 13.0 Å². The first-order chi connectivity index (χ1) is 54.1. The molecule has 4 heterocycles. The maximum Gasteiger partial charge on any atom is 0.171 e. The van der Waals surface area contributed by atoms with Gasteiger partial charge < -0.3 is 0 Å². The van der Waals surface area contributed by atoms with Gasteiger partial charge in [0.15, 0.2) is 58.7 Å². The van der Waals surface area contributed by atoms with Gasteiger partial charge in [-0.05, 0) is 262 Å². The Morgan fingerprint density at radius 2 is 0.491 bits per heavy atom. The first-order valence-electron chi connectivity index (χ1n) is 40.8. The van der Waals surface area contributed by atoms with E-state index in [1.54, 1.807) is 0 Å². The van der Waals surface area contributed by atoms with E-state index in [1.807, 2.05) is 0 Å². The monoisotopic (exact) mass is 1520 g/mol. The van der Waals surface area contributed by atoms with Crippen molar-refractivity contribution < 1.29 is 0 Å². The average molecular weight is 1530 g/mol. The van der Waals surface area contributed by atoms with Crippen LogP contribution >= 0.6 is 0 Å². The second-order valence-corrected chi connectivity index (χ2v) is 38.6. The van der Waals surface area contributed by atoms with Crippen LogP contribution in [0.25, 0.3) is 0 Å². The standard InChI is InChI=1S/2C26H30NS.2C25H28NS/c1-21-11-9-12-22(2)27(21)20-23-13-10-18-26(19-23)28(24-14-5-3-6-15-24)25-16-7-4-8-17-25;1-21-12-11-13-22(2)27(21)20-23-14-9-10-19-26(23)28(24-15-5-3-6-16-24)25-17-7-4-8-18-25;1-21-11-8-9-18-26(21)20-22-12-10-17-25(19-22)27(23-13-4-2-5-14-23)24-15-6-3-7-16-24;1-21-10-8-9-19-26(21)20-22-15-17-25(18-16-22)27(23-11-4-2-5-12-23)24-13-6-3-7-14-24/h3-8,10,13-19,21-22H,9,11-12,20H2,1-2H3;3-10,14-19,21-22H,11-13,20H2,1-2H3;2-7,10,12-17,19,21H,8-9,11,18,20H2,1H3;2-7,11-18,21H,8-10,19-20H2,1H3/q4*+1. The van der Waals surface area contributed by atoms with E-state index in [0.717, 1.165) is 26.2 Å². The summed E-state index contributed by atoms with van der Waals surface area (Å²) in [5.74, 6) is 0. The molecular formula is C102H116N4S4+4.